The van der Waals surface area contributed by atoms with E-state index in [4.69, 9.17) is 14.2 Å². The van der Waals surface area contributed by atoms with Gasteiger partial charge in [-0.15, -0.1) is 0 Å². The SMILES string of the molecule is CNC(=O)[C@H](CC(C)(C)C)NC(=O)Oc1ccc(N2CCC23COC3)c(OCC2CC2)n1. The van der Waals surface area contributed by atoms with E-state index in [1.807, 2.05) is 26.8 Å². The fourth-order valence-electron chi connectivity index (χ4n) is 4.08. The Bertz CT molecular complexity index is 855. The van der Waals surface area contributed by atoms with Crippen molar-refractivity contribution in [3.05, 3.63) is 12.1 Å². The summed E-state index contributed by atoms with van der Waals surface area (Å²) in [5, 5.41) is 5.25. The Kier molecular flexibility index (Phi) is 6.20. The second-order valence-electron chi connectivity index (χ2n) is 10.3. The van der Waals surface area contributed by atoms with Gasteiger partial charge in [0, 0.05) is 19.7 Å². The number of pyridine rings is 1. The molecule has 2 amide bonds. The van der Waals surface area contributed by atoms with E-state index in [0.717, 1.165) is 18.7 Å². The van der Waals surface area contributed by atoms with Gasteiger partial charge in [0.25, 0.3) is 0 Å². The first-order valence-electron chi connectivity index (χ1n) is 11.4. The second kappa shape index (κ2) is 8.77. The highest BCUT2D eigenvalue weighted by molar-refractivity contribution is 5.85. The minimum atomic E-state index is -0.718. The van der Waals surface area contributed by atoms with Crippen molar-refractivity contribution in [2.24, 2.45) is 11.3 Å². The first kappa shape index (κ1) is 22.6. The van der Waals surface area contributed by atoms with Gasteiger partial charge in [0.15, 0.2) is 0 Å². The lowest BCUT2D eigenvalue weighted by molar-refractivity contribution is -0.123. The van der Waals surface area contributed by atoms with Crippen LogP contribution in [0.2, 0.25) is 0 Å². The average Bonchev–Trinajstić information content (AvgIpc) is 3.48. The molecule has 0 unspecified atom stereocenters. The van der Waals surface area contributed by atoms with E-state index >= 15 is 0 Å². The molecule has 0 radical (unpaired) electrons. The van der Waals surface area contributed by atoms with Gasteiger partial charge in [-0.1, -0.05) is 20.8 Å². The number of likely N-dealkylation sites (N-methyl/N-ethyl adjacent to an activating group) is 1. The van der Waals surface area contributed by atoms with Crippen LogP contribution < -0.4 is 25.0 Å². The highest BCUT2D eigenvalue weighted by Gasteiger charge is 2.51. The summed E-state index contributed by atoms with van der Waals surface area (Å²) in [6, 6.07) is 2.86. The third-order valence-electron chi connectivity index (χ3n) is 6.24. The van der Waals surface area contributed by atoms with Crippen molar-refractivity contribution in [1.82, 2.24) is 15.6 Å². The molecule has 9 heteroatoms. The normalized spacial score (nSPS) is 20.1. The molecule has 2 aliphatic heterocycles. The summed E-state index contributed by atoms with van der Waals surface area (Å²) < 4.78 is 16.9. The van der Waals surface area contributed by atoms with Crippen molar-refractivity contribution in [2.75, 3.05) is 38.3 Å². The molecule has 3 heterocycles. The van der Waals surface area contributed by atoms with Crippen molar-refractivity contribution in [2.45, 2.75) is 58.0 Å². The van der Waals surface area contributed by atoms with Gasteiger partial charge < -0.3 is 29.7 Å². The molecule has 4 rings (SSSR count). The van der Waals surface area contributed by atoms with Crippen LogP contribution in [0.15, 0.2) is 12.1 Å². The van der Waals surface area contributed by atoms with Crippen LogP contribution in [0.25, 0.3) is 0 Å². The lowest BCUT2D eigenvalue weighted by atomic mass is 9.82. The van der Waals surface area contributed by atoms with Crippen LogP contribution in [0.3, 0.4) is 0 Å². The third-order valence-corrected chi connectivity index (χ3v) is 6.24. The molecular formula is C23H34N4O5. The van der Waals surface area contributed by atoms with Gasteiger partial charge in [0.1, 0.15) is 11.7 Å². The number of nitrogens with one attached hydrogen (secondary N) is 2. The zero-order valence-electron chi connectivity index (χ0n) is 19.4. The van der Waals surface area contributed by atoms with Gasteiger partial charge >= 0.3 is 6.09 Å². The molecule has 9 nitrogen and oxygen atoms in total. The molecule has 1 aliphatic carbocycles. The highest BCUT2D eigenvalue weighted by Crippen LogP contribution is 2.45. The van der Waals surface area contributed by atoms with Gasteiger partial charge in [-0.2, -0.15) is 4.98 Å². The maximum absolute atomic E-state index is 12.5. The zero-order valence-corrected chi connectivity index (χ0v) is 19.4. The summed E-state index contributed by atoms with van der Waals surface area (Å²) in [7, 11) is 1.55. The maximum Gasteiger partial charge on any atom is 0.414 e. The van der Waals surface area contributed by atoms with Crippen LogP contribution in [0, 0.1) is 11.3 Å². The number of anilines is 1. The Morgan fingerprint density at radius 1 is 1.31 bits per heavy atom. The number of nitrogens with zero attached hydrogens (tertiary/aromatic N) is 2. The molecule has 1 atom stereocenters. The monoisotopic (exact) mass is 446 g/mol. The predicted molar refractivity (Wildman–Crippen MR) is 119 cm³/mol. The van der Waals surface area contributed by atoms with Crippen LogP contribution in [-0.2, 0) is 9.53 Å². The fourth-order valence-corrected chi connectivity index (χ4v) is 4.08. The van der Waals surface area contributed by atoms with Crippen LogP contribution in [0.5, 0.6) is 11.8 Å². The molecule has 3 aliphatic rings. The third kappa shape index (κ3) is 5.09. The van der Waals surface area contributed by atoms with E-state index in [9.17, 15) is 9.59 Å². The summed E-state index contributed by atoms with van der Waals surface area (Å²) >= 11 is 0. The summed E-state index contributed by atoms with van der Waals surface area (Å²) in [5.41, 5.74) is 0.809. The minimum Gasteiger partial charge on any atom is -0.476 e. The molecule has 2 N–H and O–H groups in total. The Morgan fingerprint density at radius 2 is 2.06 bits per heavy atom. The number of rotatable bonds is 8. The van der Waals surface area contributed by atoms with E-state index in [1.165, 1.54) is 12.8 Å². The molecule has 2 saturated heterocycles. The van der Waals surface area contributed by atoms with Crippen molar-refractivity contribution >= 4 is 17.7 Å². The fraction of sp³-hybridized carbons (Fsp3) is 0.696. The molecule has 1 aromatic rings. The average molecular weight is 447 g/mol. The van der Waals surface area contributed by atoms with Gasteiger partial charge in [0.2, 0.25) is 17.7 Å². The van der Waals surface area contributed by atoms with Crippen molar-refractivity contribution < 1.29 is 23.8 Å². The number of aromatic nitrogens is 1. The van der Waals surface area contributed by atoms with Crippen LogP contribution in [0.4, 0.5) is 10.5 Å². The number of ether oxygens (including phenoxy) is 3. The molecule has 32 heavy (non-hydrogen) atoms. The molecule has 3 fully saturated rings. The van der Waals surface area contributed by atoms with E-state index in [2.05, 4.69) is 20.5 Å². The van der Waals surface area contributed by atoms with Crippen molar-refractivity contribution in [3.63, 3.8) is 0 Å². The lowest BCUT2D eigenvalue weighted by Gasteiger charge is -2.58. The van der Waals surface area contributed by atoms with Crippen LogP contribution in [-0.4, -0.2) is 62.0 Å². The molecule has 1 saturated carbocycles. The summed E-state index contributed by atoms with van der Waals surface area (Å²) in [4.78, 5) is 31.5. The van der Waals surface area contributed by atoms with Gasteiger partial charge in [-0.3, -0.25) is 4.79 Å². The Hall–Kier alpha value is -2.55. The Balaban J connectivity index is 1.45. The number of hydrogen-bond acceptors (Lipinski definition) is 7. The molecule has 0 bridgehead atoms. The quantitative estimate of drug-likeness (QED) is 0.632. The number of hydrogen-bond donors (Lipinski definition) is 2. The summed E-state index contributed by atoms with van der Waals surface area (Å²) in [5.74, 6) is 0.925. The largest absolute Gasteiger partial charge is 0.476 e. The topological polar surface area (TPSA) is 102 Å². The first-order valence-corrected chi connectivity index (χ1v) is 11.4. The maximum atomic E-state index is 12.5. The predicted octanol–water partition coefficient (Wildman–Crippen LogP) is 2.49. The van der Waals surface area contributed by atoms with Gasteiger partial charge in [-0.05, 0) is 43.1 Å². The first-order chi connectivity index (χ1) is 15.2. The Labute approximate surface area is 189 Å². The van der Waals surface area contributed by atoms with Crippen LogP contribution in [0.1, 0.15) is 46.5 Å². The second-order valence-corrected chi connectivity index (χ2v) is 10.3. The molecule has 1 spiro atoms. The number of carbonyl (C=O) groups excluding carboxylic acids is 2. The van der Waals surface area contributed by atoms with Gasteiger partial charge in [-0.25, -0.2) is 4.79 Å². The molecule has 0 aromatic carbocycles. The molecule has 1 aromatic heterocycles. The van der Waals surface area contributed by atoms with E-state index in [0.29, 0.717) is 38.0 Å². The summed E-state index contributed by atoms with van der Waals surface area (Å²) in [6.07, 6.45) is 3.19. The minimum absolute atomic E-state index is 0.0484. The lowest BCUT2D eigenvalue weighted by Crippen LogP contribution is -2.71. The standard InChI is InChI=1S/C23H34N4O5/c1-22(2,3)11-16(19(28)24-4)25-21(29)32-18-8-7-17(20(26-18)31-12-15-5-6-15)27-10-9-23(27)13-30-14-23/h7-8,15-16H,5-6,9-14H2,1-4H3,(H,24,28)(H,25,29)/t16-/m0/s1. The van der Waals surface area contributed by atoms with Crippen LogP contribution >= 0.6 is 0 Å². The smallest absolute Gasteiger partial charge is 0.414 e. The Morgan fingerprint density at radius 3 is 2.59 bits per heavy atom. The van der Waals surface area contributed by atoms with Crippen molar-refractivity contribution in [1.29, 1.82) is 0 Å². The number of carbonyl (C=O) groups is 2. The van der Waals surface area contributed by atoms with Gasteiger partial charge in [0.05, 0.1) is 25.4 Å². The number of amides is 2. The van der Waals surface area contributed by atoms with E-state index < -0.39 is 12.1 Å². The molecule has 176 valence electrons. The van der Waals surface area contributed by atoms with Crippen molar-refractivity contribution in [3.8, 4) is 11.8 Å². The van der Waals surface area contributed by atoms with E-state index in [-0.39, 0.29) is 22.7 Å². The highest BCUT2D eigenvalue weighted by atomic mass is 16.6. The summed E-state index contributed by atoms with van der Waals surface area (Å²) in [6.45, 7) is 8.98. The molecular weight excluding hydrogens is 412 g/mol. The van der Waals surface area contributed by atoms with E-state index in [1.54, 1.807) is 13.1 Å². The zero-order chi connectivity index (χ0) is 22.9.